The van der Waals surface area contributed by atoms with Gasteiger partial charge >= 0.3 is 0 Å². The Hall–Kier alpha value is -2.11. The summed E-state index contributed by atoms with van der Waals surface area (Å²) in [6.45, 7) is 2.06. The first-order valence-corrected chi connectivity index (χ1v) is 8.45. The Labute approximate surface area is 144 Å². The average molecular weight is 343 g/mol. The highest BCUT2D eigenvalue weighted by Gasteiger charge is 2.04. The van der Waals surface area contributed by atoms with Gasteiger partial charge in [0, 0.05) is 10.8 Å². The molecule has 0 aliphatic rings. The highest BCUT2D eigenvalue weighted by molar-refractivity contribution is 7.98. The second-order valence-electron chi connectivity index (χ2n) is 5.03. The summed E-state index contributed by atoms with van der Waals surface area (Å²) in [5.74, 6) is 0.788. The van der Waals surface area contributed by atoms with E-state index in [1.54, 1.807) is 22.8 Å². The van der Waals surface area contributed by atoms with Crippen LogP contribution in [-0.2, 0) is 5.75 Å². The van der Waals surface area contributed by atoms with Gasteiger partial charge in [-0.1, -0.05) is 65.3 Å². The minimum absolute atomic E-state index is 0.740. The first-order valence-electron chi connectivity index (χ1n) is 7.09. The lowest BCUT2D eigenvalue weighted by Crippen LogP contribution is -1.93. The second kappa shape index (κ2) is 7.44. The molecule has 23 heavy (non-hydrogen) atoms. The largest absolute Gasteiger partial charge is 0.212 e. The van der Waals surface area contributed by atoms with Gasteiger partial charge in [-0.2, -0.15) is 9.78 Å². The summed E-state index contributed by atoms with van der Waals surface area (Å²) < 4.78 is 1.68. The fraction of sp³-hybridized carbons (Fsp3) is 0.118. The van der Waals surface area contributed by atoms with Gasteiger partial charge < -0.3 is 0 Å². The third-order valence-corrected chi connectivity index (χ3v) is 4.41. The number of halogens is 1. The topological polar surface area (TPSA) is 43.1 Å². The number of benzene rings is 2. The summed E-state index contributed by atoms with van der Waals surface area (Å²) in [7, 11) is 0. The first-order chi connectivity index (χ1) is 11.2. The summed E-state index contributed by atoms with van der Waals surface area (Å²) in [5, 5.41) is 14.0. The van der Waals surface area contributed by atoms with Crippen LogP contribution in [0.15, 0.2) is 65.1 Å². The van der Waals surface area contributed by atoms with Crippen LogP contribution in [0, 0.1) is 6.92 Å². The highest BCUT2D eigenvalue weighted by atomic mass is 35.5. The number of aromatic nitrogens is 3. The molecule has 0 aliphatic heterocycles. The smallest absolute Gasteiger partial charge is 0.195 e. The van der Waals surface area contributed by atoms with E-state index in [1.165, 1.54) is 11.1 Å². The molecule has 0 atom stereocenters. The molecular formula is C17H15ClN4S. The Bertz CT molecular complexity index is 811. The van der Waals surface area contributed by atoms with Crippen molar-refractivity contribution < 1.29 is 0 Å². The van der Waals surface area contributed by atoms with Crippen molar-refractivity contribution in [3.63, 3.8) is 0 Å². The van der Waals surface area contributed by atoms with Crippen molar-refractivity contribution in [2.24, 2.45) is 5.10 Å². The highest BCUT2D eigenvalue weighted by Crippen LogP contribution is 2.21. The minimum Gasteiger partial charge on any atom is -0.195 e. The van der Waals surface area contributed by atoms with Crippen LogP contribution in [0.4, 0.5) is 0 Å². The van der Waals surface area contributed by atoms with Gasteiger partial charge in [-0.3, -0.25) is 0 Å². The molecule has 0 aliphatic carbocycles. The molecule has 0 radical (unpaired) electrons. The van der Waals surface area contributed by atoms with Crippen LogP contribution in [-0.4, -0.2) is 21.1 Å². The Morgan fingerprint density at radius 2 is 2.04 bits per heavy atom. The molecule has 0 N–H and O–H groups in total. The van der Waals surface area contributed by atoms with E-state index < -0.39 is 0 Å². The van der Waals surface area contributed by atoms with Gasteiger partial charge in [-0.15, -0.1) is 10.2 Å². The van der Waals surface area contributed by atoms with Gasteiger partial charge in [0.2, 0.25) is 5.16 Å². The van der Waals surface area contributed by atoms with E-state index >= 15 is 0 Å². The Kier molecular flexibility index (Phi) is 5.10. The Morgan fingerprint density at radius 3 is 2.83 bits per heavy atom. The zero-order chi connectivity index (χ0) is 16.1. The van der Waals surface area contributed by atoms with E-state index in [0.717, 1.165) is 21.5 Å². The third-order valence-electron chi connectivity index (χ3n) is 3.15. The maximum absolute atomic E-state index is 5.89. The van der Waals surface area contributed by atoms with Crippen molar-refractivity contribution in [2.45, 2.75) is 17.8 Å². The Balaban J connectivity index is 1.68. The summed E-state index contributed by atoms with van der Waals surface area (Å²) in [6.07, 6.45) is 3.42. The molecule has 0 saturated heterocycles. The van der Waals surface area contributed by atoms with Gasteiger partial charge in [0.1, 0.15) is 6.33 Å². The molecule has 6 heteroatoms. The minimum atomic E-state index is 0.740. The second-order valence-corrected chi connectivity index (χ2v) is 6.41. The molecule has 0 unspecified atom stereocenters. The fourth-order valence-electron chi connectivity index (χ4n) is 2.00. The van der Waals surface area contributed by atoms with E-state index in [1.807, 2.05) is 42.6 Å². The zero-order valence-corrected chi connectivity index (χ0v) is 14.1. The Morgan fingerprint density at radius 1 is 1.22 bits per heavy atom. The molecule has 0 saturated carbocycles. The van der Waals surface area contributed by atoms with Gasteiger partial charge in [-0.25, -0.2) is 0 Å². The molecule has 0 spiro atoms. The molecule has 2 aromatic carbocycles. The lowest BCUT2D eigenvalue weighted by molar-refractivity contribution is 0.767. The lowest BCUT2D eigenvalue weighted by Gasteiger charge is -2.02. The number of hydrogen-bond acceptors (Lipinski definition) is 4. The standard InChI is InChI=1S/C17H15ClN4S/c1-13-3-2-4-15(9-13)10-20-22-12-19-21-17(22)23-11-14-5-7-16(18)8-6-14/h2-10,12H,11H2,1H3/b20-10+. The van der Waals surface area contributed by atoms with Crippen molar-refractivity contribution in [1.29, 1.82) is 0 Å². The molecule has 4 nitrogen and oxygen atoms in total. The van der Waals surface area contributed by atoms with Gasteiger partial charge in [0.15, 0.2) is 0 Å². The zero-order valence-electron chi connectivity index (χ0n) is 12.6. The first kappa shape index (κ1) is 15.8. The molecule has 0 fully saturated rings. The molecule has 1 heterocycles. The molecule has 3 rings (SSSR count). The maximum atomic E-state index is 5.89. The van der Waals surface area contributed by atoms with Crippen molar-refractivity contribution in [3.8, 4) is 0 Å². The molecule has 0 amide bonds. The quantitative estimate of drug-likeness (QED) is 0.509. The normalized spacial score (nSPS) is 11.2. The molecule has 3 aromatic rings. The summed E-state index contributed by atoms with van der Waals surface area (Å²) in [4.78, 5) is 0. The van der Waals surface area contributed by atoms with Gasteiger partial charge in [-0.05, 0) is 30.2 Å². The number of aryl methyl sites for hydroxylation is 1. The van der Waals surface area contributed by atoms with Crippen molar-refractivity contribution in [3.05, 3.63) is 76.6 Å². The van der Waals surface area contributed by atoms with E-state index in [-0.39, 0.29) is 0 Å². The fourth-order valence-corrected chi connectivity index (χ4v) is 2.95. The van der Waals surface area contributed by atoms with E-state index in [0.29, 0.717) is 0 Å². The summed E-state index contributed by atoms with van der Waals surface area (Å²) in [5.41, 5.74) is 3.43. The van der Waals surface area contributed by atoms with Crippen LogP contribution in [0.3, 0.4) is 0 Å². The van der Waals surface area contributed by atoms with Crippen LogP contribution < -0.4 is 0 Å². The van der Waals surface area contributed by atoms with Gasteiger partial charge in [0.05, 0.1) is 6.21 Å². The number of hydrogen-bond donors (Lipinski definition) is 0. The van der Waals surface area contributed by atoms with Crippen molar-refractivity contribution in [1.82, 2.24) is 14.9 Å². The van der Waals surface area contributed by atoms with E-state index in [4.69, 9.17) is 11.6 Å². The maximum Gasteiger partial charge on any atom is 0.212 e. The number of thioether (sulfide) groups is 1. The van der Waals surface area contributed by atoms with Crippen LogP contribution in [0.2, 0.25) is 5.02 Å². The molecule has 116 valence electrons. The van der Waals surface area contributed by atoms with E-state index in [9.17, 15) is 0 Å². The van der Waals surface area contributed by atoms with Crippen LogP contribution in [0.1, 0.15) is 16.7 Å². The van der Waals surface area contributed by atoms with Crippen LogP contribution in [0.5, 0.6) is 0 Å². The number of nitrogens with zero attached hydrogens (tertiary/aromatic N) is 4. The molecular weight excluding hydrogens is 328 g/mol. The average Bonchev–Trinajstić information content (AvgIpc) is 3.00. The summed E-state index contributed by atoms with van der Waals surface area (Å²) in [6, 6.07) is 16.0. The van der Waals surface area contributed by atoms with Crippen LogP contribution >= 0.6 is 23.4 Å². The third kappa shape index (κ3) is 4.43. The number of rotatable bonds is 5. The van der Waals surface area contributed by atoms with Gasteiger partial charge in [0.25, 0.3) is 0 Å². The SMILES string of the molecule is Cc1cccc(/C=N/n2cnnc2SCc2ccc(Cl)cc2)c1. The van der Waals surface area contributed by atoms with E-state index in [2.05, 4.69) is 34.4 Å². The monoisotopic (exact) mass is 342 g/mol. The predicted molar refractivity (Wildman–Crippen MR) is 95.2 cm³/mol. The molecule has 1 aromatic heterocycles. The molecule has 0 bridgehead atoms. The van der Waals surface area contributed by atoms with Crippen molar-refractivity contribution >= 4 is 29.6 Å². The van der Waals surface area contributed by atoms with Crippen molar-refractivity contribution in [2.75, 3.05) is 0 Å². The lowest BCUT2D eigenvalue weighted by atomic mass is 10.2. The van der Waals surface area contributed by atoms with Crippen LogP contribution in [0.25, 0.3) is 0 Å². The predicted octanol–water partition coefficient (Wildman–Crippen LogP) is 4.41. The summed E-state index contributed by atoms with van der Waals surface area (Å²) >= 11 is 7.48.